The van der Waals surface area contributed by atoms with Gasteiger partial charge in [0.1, 0.15) is 0 Å². The normalized spacial score (nSPS) is 26.0. The lowest BCUT2D eigenvalue weighted by Crippen LogP contribution is -2.34. The number of likely N-dealkylation sites (tertiary alicyclic amines) is 2. The van der Waals surface area contributed by atoms with Crippen molar-refractivity contribution in [2.24, 2.45) is 5.92 Å². The molecular formula is C14H25FN2O2. The van der Waals surface area contributed by atoms with Crippen molar-refractivity contribution in [1.82, 2.24) is 9.80 Å². The van der Waals surface area contributed by atoms with Gasteiger partial charge in [-0.05, 0) is 45.3 Å². The third-order valence-electron chi connectivity index (χ3n) is 4.21. The Morgan fingerprint density at radius 3 is 2.68 bits per heavy atom. The fourth-order valence-electron chi connectivity index (χ4n) is 2.83. The van der Waals surface area contributed by atoms with E-state index in [2.05, 4.69) is 11.9 Å². The van der Waals surface area contributed by atoms with Gasteiger partial charge < -0.3 is 14.5 Å². The Bertz CT molecular complexity index is 293. The van der Waals surface area contributed by atoms with Crippen molar-refractivity contribution < 1.29 is 13.9 Å². The van der Waals surface area contributed by atoms with E-state index in [0.717, 1.165) is 32.7 Å². The van der Waals surface area contributed by atoms with Crippen molar-refractivity contribution in [2.45, 2.75) is 31.8 Å². The molecule has 4 nitrogen and oxygen atoms in total. The van der Waals surface area contributed by atoms with E-state index in [9.17, 15) is 9.18 Å². The van der Waals surface area contributed by atoms with Gasteiger partial charge >= 0.3 is 0 Å². The molecule has 0 spiro atoms. The summed E-state index contributed by atoms with van der Waals surface area (Å²) in [6.07, 6.45) is 3.47. The number of rotatable bonds is 5. The number of nitrogens with zero attached hydrogens (tertiary/aromatic N) is 2. The van der Waals surface area contributed by atoms with Crippen molar-refractivity contribution in [3.8, 4) is 0 Å². The zero-order chi connectivity index (χ0) is 13.7. The minimum atomic E-state index is -0.559. The maximum Gasteiger partial charge on any atom is 0.225 e. The fraction of sp³-hybridized carbons (Fsp3) is 0.929. The molecule has 0 aliphatic carbocycles. The number of carbonyl (C=O) groups is 1. The van der Waals surface area contributed by atoms with Crippen molar-refractivity contribution in [2.75, 3.05) is 46.5 Å². The van der Waals surface area contributed by atoms with Crippen molar-refractivity contribution in [1.29, 1.82) is 0 Å². The van der Waals surface area contributed by atoms with Gasteiger partial charge in [-0.2, -0.15) is 0 Å². The minimum absolute atomic E-state index is 0.0156. The smallest absolute Gasteiger partial charge is 0.225 e. The van der Waals surface area contributed by atoms with E-state index in [0.29, 0.717) is 12.5 Å². The van der Waals surface area contributed by atoms with Gasteiger partial charge in [-0.25, -0.2) is 0 Å². The largest absolute Gasteiger partial charge is 0.376 e. The van der Waals surface area contributed by atoms with Crippen LogP contribution >= 0.6 is 0 Å². The molecule has 0 radical (unpaired) electrons. The molecule has 0 aromatic rings. The monoisotopic (exact) mass is 272 g/mol. The highest BCUT2D eigenvalue weighted by Crippen LogP contribution is 2.19. The van der Waals surface area contributed by atoms with E-state index >= 15 is 0 Å². The molecule has 0 N–H and O–H groups in total. The van der Waals surface area contributed by atoms with Crippen LogP contribution in [0.15, 0.2) is 0 Å². The van der Waals surface area contributed by atoms with Gasteiger partial charge in [-0.15, -0.1) is 0 Å². The summed E-state index contributed by atoms with van der Waals surface area (Å²) >= 11 is 0. The first kappa shape index (κ1) is 14.7. The van der Waals surface area contributed by atoms with Crippen LogP contribution in [-0.4, -0.2) is 68.3 Å². The molecule has 19 heavy (non-hydrogen) atoms. The Morgan fingerprint density at radius 1 is 1.26 bits per heavy atom. The van der Waals surface area contributed by atoms with Gasteiger partial charge in [0.05, 0.1) is 19.2 Å². The standard InChI is InChI=1S/C14H25FN2O2/c1-16-7-3-12(4-8-16)11-19-13-5-9-17(10-13)14(18)2-6-15/h12-13H,2-11H2,1H3. The number of halogens is 1. The lowest BCUT2D eigenvalue weighted by atomic mass is 9.98. The molecule has 0 aromatic heterocycles. The summed E-state index contributed by atoms with van der Waals surface area (Å²) in [4.78, 5) is 15.6. The molecule has 0 saturated carbocycles. The molecule has 2 aliphatic rings. The molecule has 0 bridgehead atoms. The molecule has 1 atom stereocenters. The number of piperidine rings is 1. The zero-order valence-corrected chi connectivity index (χ0v) is 11.8. The number of hydrogen-bond acceptors (Lipinski definition) is 3. The molecule has 1 amide bonds. The number of ether oxygens (including phenoxy) is 1. The highest BCUT2D eigenvalue weighted by Gasteiger charge is 2.27. The predicted molar refractivity (Wildman–Crippen MR) is 71.8 cm³/mol. The van der Waals surface area contributed by atoms with Gasteiger partial charge in [0, 0.05) is 19.7 Å². The van der Waals surface area contributed by atoms with Gasteiger partial charge in [0.25, 0.3) is 0 Å². The van der Waals surface area contributed by atoms with Crippen LogP contribution in [0.4, 0.5) is 4.39 Å². The first-order chi connectivity index (χ1) is 9.19. The van der Waals surface area contributed by atoms with E-state index < -0.39 is 6.67 Å². The molecule has 2 rings (SSSR count). The summed E-state index contributed by atoms with van der Waals surface area (Å²) in [5, 5.41) is 0. The highest BCUT2D eigenvalue weighted by atomic mass is 19.1. The van der Waals surface area contributed by atoms with Crippen LogP contribution in [0.3, 0.4) is 0 Å². The lowest BCUT2D eigenvalue weighted by Gasteiger charge is -2.29. The molecule has 2 heterocycles. The quantitative estimate of drug-likeness (QED) is 0.756. The van der Waals surface area contributed by atoms with Gasteiger partial charge in [-0.3, -0.25) is 9.18 Å². The highest BCUT2D eigenvalue weighted by molar-refractivity contribution is 5.76. The topological polar surface area (TPSA) is 32.8 Å². The van der Waals surface area contributed by atoms with Crippen molar-refractivity contribution in [3.63, 3.8) is 0 Å². The van der Waals surface area contributed by atoms with Crippen LogP contribution in [0.1, 0.15) is 25.7 Å². The van der Waals surface area contributed by atoms with Crippen molar-refractivity contribution >= 4 is 5.91 Å². The van der Waals surface area contributed by atoms with Gasteiger partial charge in [0.15, 0.2) is 0 Å². The van der Waals surface area contributed by atoms with Crippen LogP contribution in [0, 0.1) is 5.92 Å². The predicted octanol–water partition coefficient (Wildman–Crippen LogP) is 1.31. The fourth-order valence-corrected chi connectivity index (χ4v) is 2.83. The Balaban J connectivity index is 1.64. The van der Waals surface area contributed by atoms with Crippen LogP contribution < -0.4 is 0 Å². The Morgan fingerprint density at radius 2 is 2.00 bits per heavy atom. The molecule has 5 heteroatoms. The van der Waals surface area contributed by atoms with Crippen molar-refractivity contribution in [3.05, 3.63) is 0 Å². The maximum absolute atomic E-state index is 12.1. The Labute approximate surface area is 114 Å². The molecule has 2 fully saturated rings. The zero-order valence-electron chi connectivity index (χ0n) is 11.8. The first-order valence-corrected chi connectivity index (χ1v) is 7.33. The number of amides is 1. The van der Waals surface area contributed by atoms with E-state index in [1.807, 2.05) is 0 Å². The molecule has 110 valence electrons. The summed E-state index contributed by atoms with van der Waals surface area (Å²) in [7, 11) is 2.16. The Kier molecular flexibility index (Phi) is 5.58. The van der Waals surface area contributed by atoms with E-state index in [4.69, 9.17) is 4.74 Å². The van der Waals surface area contributed by atoms with Gasteiger partial charge in [0.2, 0.25) is 5.91 Å². The Hall–Kier alpha value is -0.680. The third kappa shape index (κ3) is 4.42. The average molecular weight is 272 g/mol. The van der Waals surface area contributed by atoms with E-state index in [-0.39, 0.29) is 18.4 Å². The second-order valence-corrected chi connectivity index (χ2v) is 5.77. The SMILES string of the molecule is CN1CCC(COC2CCN(C(=O)CCF)C2)CC1. The van der Waals surface area contributed by atoms with Crippen LogP contribution in [0.2, 0.25) is 0 Å². The first-order valence-electron chi connectivity index (χ1n) is 7.33. The summed E-state index contributed by atoms with van der Waals surface area (Å²) in [6, 6.07) is 0. The summed E-state index contributed by atoms with van der Waals surface area (Å²) in [5.41, 5.74) is 0. The van der Waals surface area contributed by atoms with E-state index in [1.165, 1.54) is 12.8 Å². The molecule has 0 aromatic carbocycles. The second kappa shape index (κ2) is 7.20. The van der Waals surface area contributed by atoms with Gasteiger partial charge in [-0.1, -0.05) is 0 Å². The molecular weight excluding hydrogens is 247 g/mol. The number of carbonyl (C=O) groups excluding carboxylic acids is 1. The van der Waals surface area contributed by atoms with E-state index in [1.54, 1.807) is 4.90 Å². The molecule has 2 aliphatic heterocycles. The van der Waals surface area contributed by atoms with Crippen LogP contribution in [0.25, 0.3) is 0 Å². The lowest BCUT2D eigenvalue weighted by molar-refractivity contribution is -0.131. The third-order valence-corrected chi connectivity index (χ3v) is 4.21. The summed E-state index contributed by atoms with van der Waals surface area (Å²) in [5.74, 6) is 0.583. The maximum atomic E-state index is 12.1. The number of alkyl halides is 1. The summed E-state index contributed by atoms with van der Waals surface area (Å²) in [6.45, 7) is 3.92. The van der Waals surface area contributed by atoms with Crippen LogP contribution in [0.5, 0.6) is 0 Å². The summed E-state index contributed by atoms with van der Waals surface area (Å²) < 4.78 is 18.1. The average Bonchev–Trinajstić information content (AvgIpc) is 2.87. The second-order valence-electron chi connectivity index (χ2n) is 5.77. The number of hydrogen-bond donors (Lipinski definition) is 0. The van der Waals surface area contributed by atoms with Crippen LogP contribution in [-0.2, 0) is 9.53 Å². The minimum Gasteiger partial charge on any atom is -0.376 e. The molecule has 1 unspecified atom stereocenters. The molecule has 2 saturated heterocycles.